The van der Waals surface area contributed by atoms with Crippen LogP contribution >= 0.6 is 11.3 Å². The van der Waals surface area contributed by atoms with Gasteiger partial charge in [-0.25, -0.2) is 4.98 Å². The normalized spacial score (nSPS) is 20.8. The molecule has 2 heterocycles. The van der Waals surface area contributed by atoms with E-state index in [0.717, 1.165) is 35.4 Å². The minimum Gasteiger partial charge on any atom is -0.394 e. The molecule has 0 saturated heterocycles. The molecule has 114 valence electrons. The predicted molar refractivity (Wildman–Crippen MR) is 85.1 cm³/mol. The maximum absolute atomic E-state index is 13.0. The van der Waals surface area contributed by atoms with Gasteiger partial charge < -0.3 is 10.0 Å². The maximum atomic E-state index is 13.0. The van der Waals surface area contributed by atoms with Crippen LogP contribution in [0.1, 0.15) is 51.3 Å². The molecule has 1 aromatic carbocycles. The number of amides is 1. The van der Waals surface area contributed by atoms with Gasteiger partial charge in [0.2, 0.25) is 0 Å². The second kappa shape index (κ2) is 5.48. The lowest BCUT2D eigenvalue weighted by atomic mass is 9.92. The van der Waals surface area contributed by atoms with Gasteiger partial charge in [0, 0.05) is 12.5 Å². The fraction of sp³-hybridized carbons (Fsp3) is 0.412. The molecule has 1 atom stereocenters. The smallest absolute Gasteiger partial charge is 0.266 e. The molecule has 2 aliphatic rings. The number of aromatic nitrogens is 1. The van der Waals surface area contributed by atoms with Crippen molar-refractivity contribution in [1.29, 1.82) is 0 Å². The fourth-order valence-electron chi connectivity index (χ4n) is 3.28. The Morgan fingerprint density at radius 2 is 2.18 bits per heavy atom. The summed E-state index contributed by atoms with van der Waals surface area (Å²) in [6, 6.07) is 7.84. The van der Waals surface area contributed by atoms with Crippen LogP contribution in [-0.2, 0) is 6.42 Å². The van der Waals surface area contributed by atoms with Crippen molar-refractivity contribution in [3.05, 3.63) is 51.5 Å². The molecular formula is C17H18N2O2S. The maximum Gasteiger partial charge on any atom is 0.266 e. The molecule has 1 amide bonds. The summed E-state index contributed by atoms with van der Waals surface area (Å²) in [5.41, 5.74) is 5.04. The minimum atomic E-state index is -0.244. The number of hydrogen-bond donors (Lipinski definition) is 1. The third-order valence-corrected chi connectivity index (χ3v) is 5.43. The summed E-state index contributed by atoms with van der Waals surface area (Å²) >= 11 is 1.43. The van der Waals surface area contributed by atoms with Gasteiger partial charge in [0.15, 0.2) is 0 Å². The molecule has 1 fully saturated rings. The minimum absolute atomic E-state index is 0.0259. The van der Waals surface area contributed by atoms with Crippen LogP contribution < -0.4 is 0 Å². The Morgan fingerprint density at radius 1 is 1.36 bits per heavy atom. The fourth-order valence-corrected chi connectivity index (χ4v) is 4.11. The highest BCUT2D eigenvalue weighted by molar-refractivity contribution is 7.11. The van der Waals surface area contributed by atoms with Gasteiger partial charge >= 0.3 is 0 Å². The summed E-state index contributed by atoms with van der Waals surface area (Å²) in [5, 5.41) is 9.84. The summed E-state index contributed by atoms with van der Waals surface area (Å²) < 4.78 is 0. The highest BCUT2D eigenvalue weighted by atomic mass is 32.1. The van der Waals surface area contributed by atoms with Crippen molar-refractivity contribution in [3.63, 3.8) is 0 Å². The first-order chi connectivity index (χ1) is 10.8. The lowest BCUT2D eigenvalue weighted by Crippen LogP contribution is -2.41. The number of aliphatic hydroxyl groups is 1. The Kier molecular flexibility index (Phi) is 3.47. The van der Waals surface area contributed by atoms with Gasteiger partial charge in [-0.1, -0.05) is 24.3 Å². The van der Waals surface area contributed by atoms with Crippen LogP contribution in [-0.4, -0.2) is 34.0 Å². The summed E-state index contributed by atoms with van der Waals surface area (Å²) in [6.07, 6.45) is 3.11. The molecule has 0 radical (unpaired) electrons. The Hall–Kier alpha value is -1.72. The van der Waals surface area contributed by atoms with Crippen molar-refractivity contribution in [2.75, 3.05) is 13.2 Å². The Balaban J connectivity index is 1.67. The lowest BCUT2D eigenvalue weighted by molar-refractivity contribution is 0.0572. The van der Waals surface area contributed by atoms with Gasteiger partial charge in [-0.3, -0.25) is 4.79 Å². The van der Waals surface area contributed by atoms with Crippen LogP contribution in [0.3, 0.4) is 0 Å². The largest absolute Gasteiger partial charge is 0.394 e. The second-order valence-electron chi connectivity index (χ2n) is 5.99. The van der Waals surface area contributed by atoms with Gasteiger partial charge in [0.05, 0.1) is 23.9 Å². The van der Waals surface area contributed by atoms with E-state index in [1.807, 2.05) is 23.1 Å². The van der Waals surface area contributed by atoms with E-state index in [1.54, 1.807) is 5.51 Å². The van der Waals surface area contributed by atoms with Crippen molar-refractivity contribution in [2.24, 2.45) is 0 Å². The van der Waals surface area contributed by atoms with Crippen molar-refractivity contribution in [1.82, 2.24) is 9.88 Å². The first kappa shape index (κ1) is 13.9. The molecule has 4 rings (SSSR count). The number of fused-ring (bicyclic) bond motifs is 1. The molecule has 1 N–H and O–H groups in total. The van der Waals surface area contributed by atoms with Gasteiger partial charge in [0.1, 0.15) is 4.88 Å². The number of hydrogen-bond acceptors (Lipinski definition) is 4. The summed E-state index contributed by atoms with van der Waals surface area (Å²) in [6.45, 7) is 0.614. The molecular weight excluding hydrogens is 296 g/mol. The zero-order chi connectivity index (χ0) is 15.1. The van der Waals surface area contributed by atoms with Crippen molar-refractivity contribution in [3.8, 4) is 0 Å². The van der Waals surface area contributed by atoms with Crippen LogP contribution in [0.2, 0.25) is 0 Å². The highest BCUT2D eigenvalue weighted by Gasteiger charge is 2.36. The number of carbonyl (C=O) groups excluding carboxylic acids is 1. The highest BCUT2D eigenvalue weighted by Crippen LogP contribution is 2.42. The van der Waals surface area contributed by atoms with E-state index in [2.05, 4.69) is 11.1 Å². The van der Waals surface area contributed by atoms with Crippen LogP contribution in [0.4, 0.5) is 0 Å². The molecule has 0 spiro atoms. The summed E-state index contributed by atoms with van der Waals surface area (Å²) in [4.78, 5) is 20.0. The number of carbonyl (C=O) groups is 1. The number of aliphatic hydroxyl groups excluding tert-OH is 1. The monoisotopic (exact) mass is 314 g/mol. The quantitative estimate of drug-likeness (QED) is 0.948. The predicted octanol–water partition coefficient (Wildman–Crippen LogP) is 2.75. The molecule has 22 heavy (non-hydrogen) atoms. The molecule has 2 aromatic rings. The van der Waals surface area contributed by atoms with E-state index >= 15 is 0 Å². The van der Waals surface area contributed by atoms with E-state index in [4.69, 9.17) is 0 Å². The number of thiazole rings is 1. The SMILES string of the molecule is O=C(c1scnc1C1CC1)N1CCc2ccccc2[C@H]1CO. The zero-order valence-corrected chi connectivity index (χ0v) is 13.1. The van der Waals surface area contributed by atoms with E-state index in [1.165, 1.54) is 16.9 Å². The van der Waals surface area contributed by atoms with Crippen LogP contribution in [0, 0.1) is 0 Å². The third kappa shape index (κ3) is 2.25. The van der Waals surface area contributed by atoms with Crippen molar-refractivity contribution < 1.29 is 9.90 Å². The first-order valence-electron chi connectivity index (χ1n) is 7.72. The Morgan fingerprint density at radius 3 is 2.95 bits per heavy atom. The molecule has 4 nitrogen and oxygen atoms in total. The van der Waals surface area contributed by atoms with Crippen molar-refractivity contribution >= 4 is 17.2 Å². The standard InChI is InChI=1S/C17H18N2O2S/c20-9-14-13-4-2-1-3-11(13)7-8-19(14)17(21)16-15(12-5-6-12)18-10-22-16/h1-4,10,12,14,20H,5-9H2/t14-/m1/s1. The number of nitrogens with zero attached hydrogens (tertiary/aromatic N) is 2. The topological polar surface area (TPSA) is 53.4 Å². The lowest BCUT2D eigenvalue weighted by Gasteiger charge is -2.36. The molecule has 1 aromatic heterocycles. The van der Waals surface area contributed by atoms with E-state index in [9.17, 15) is 9.90 Å². The van der Waals surface area contributed by atoms with Crippen LogP contribution in [0.5, 0.6) is 0 Å². The van der Waals surface area contributed by atoms with E-state index in [0.29, 0.717) is 12.5 Å². The molecule has 1 saturated carbocycles. The molecule has 1 aliphatic heterocycles. The molecule has 1 aliphatic carbocycles. The molecule has 0 unspecified atom stereocenters. The molecule has 5 heteroatoms. The number of rotatable bonds is 3. The Labute approximate surface area is 133 Å². The zero-order valence-electron chi connectivity index (χ0n) is 12.2. The third-order valence-electron chi connectivity index (χ3n) is 4.60. The van der Waals surface area contributed by atoms with Gasteiger partial charge in [-0.05, 0) is 30.4 Å². The van der Waals surface area contributed by atoms with Crippen LogP contribution in [0.25, 0.3) is 0 Å². The average Bonchev–Trinajstić information content (AvgIpc) is 3.30. The number of benzene rings is 1. The van der Waals surface area contributed by atoms with Gasteiger partial charge in [0.25, 0.3) is 5.91 Å². The Bertz CT molecular complexity index is 708. The average molecular weight is 314 g/mol. The molecule has 0 bridgehead atoms. The van der Waals surface area contributed by atoms with E-state index in [-0.39, 0.29) is 18.6 Å². The summed E-state index contributed by atoms with van der Waals surface area (Å²) in [5.74, 6) is 0.493. The first-order valence-corrected chi connectivity index (χ1v) is 8.60. The summed E-state index contributed by atoms with van der Waals surface area (Å²) in [7, 11) is 0. The van der Waals surface area contributed by atoms with Crippen molar-refractivity contribution in [2.45, 2.75) is 31.2 Å². The van der Waals surface area contributed by atoms with Crippen LogP contribution in [0.15, 0.2) is 29.8 Å². The van der Waals surface area contributed by atoms with E-state index < -0.39 is 0 Å². The van der Waals surface area contributed by atoms with Gasteiger partial charge in [-0.2, -0.15) is 0 Å². The second-order valence-corrected chi connectivity index (χ2v) is 6.84. The van der Waals surface area contributed by atoms with Gasteiger partial charge in [-0.15, -0.1) is 11.3 Å².